The van der Waals surface area contributed by atoms with Gasteiger partial charge in [0.15, 0.2) is 0 Å². The van der Waals surface area contributed by atoms with Crippen LogP contribution in [0.4, 0.5) is 10.5 Å². The van der Waals surface area contributed by atoms with Gasteiger partial charge in [-0.3, -0.25) is 4.79 Å². The molecule has 0 unspecified atom stereocenters. The molecule has 0 heterocycles. The number of nitrogens with zero attached hydrogens (tertiary/aromatic N) is 2. The number of carbonyl (C=O) groups excluding carboxylic acids is 3. The van der Waals surface area contributed by atoms with Gasteiger partial charge in [-0.05, 0) is 52.9 Å². The quantitative estimate of drug-likeness (QED) is 0.105. The summed E-state index contributed by atoms with van der Waals surface area (Å²) in [6, 6.07) is 7.13. The molecule has 0 spiro atoms. The average molecular weight is 656 g/mol. The number of hydrogen-bond acceptors (Lipinski definition) is 9. The van der Waals surface area contributed by atoms with Crippen LogP contribution in [0.2, 0.25) is 25.7 Å². The molecule has 0 aromatic heterocycles. The van der Waals surface area contributed by atoms with E-state index in [0.29, 0.717) is 6.04 Å². The molecule has 0 aliphatic rings. The van der Waals surface area contributed by atoms with E-state index in [-0.39, 0.29) is 12.3 Å². The first kappa shape index (κ1) is 31.3. The fourth-order valence-electron chi connectivity index (χ4n) is 1.79. The number of isocyanates is 1. The Morgan fingerprint density at radius 2 is 1.73 bits per heavy atom. The van der Waals surface area contributed by atoms with E-state index in [1.54, 1.807) is 12.1 Å². The van der Waals surface area contributed by atoms with Gasteiger partial charge in [-0.15, -0.1) is 0 Å². The van der Waals surface area contributed by atoms with Crippen molar-refractivity contribution in [3.05, 3.63) is 27.8 Å². The Labute approximate surface area is 211 Å². The van der Waals surface area contributed by atoms with E-state index in [9.17, 15) is 26.4 Å². The minimum absolute atomic E-state index is 0.137. The van der Waals surface area contributed by atoms with Crippen molar-refractivity contribution in [1.29, 1.82) is 0 Å². The first-order chi connectivity index (χ1) is 15.0. The molecule has 186 valence electrons. The fourth-order valence-corrected chi connectivity index (χ4v) is 4.09. The predicted octanol–water partition coefficient (Wildman–Crippen LogP) is 2.39. The van der Waals surface area contributed by atoms with E-state index < -0.39 is 46.1 Å². The molecule has 1 amide bonds. The van der Waals surface area contributed by atoms with Crippen LogP contribution in [0.1, 0.15) is 0 Å². The predicted molar refractivity (Wildman–Crippen MR) is 133 cm³/mol. The largest absolute Gasteiger partial charge is 0.468 e. The molecule has 0 atom stereocenters. The second-order valence-corrected chi connectivity index (χ2v) is 17.8. The maximum atomic E-state index is 12.6. The summed E-state index contributed by atoms with van der Waals surface area (Å²) >= 11 is 2.07. The minimum atomic E-state index is -4.34. The van der Waals surface area contributed by atoms with Crippen LogP contribution in [-0.4, -0.2) is 63.3 Å². The molecule has 0 fully saturated rings. The molecular formula is C16H23ClIN3O9S2Si. The number of carbonyl (C=O) groups is 2. The van der Waals surface area contributed by atoms with Crippen LogP contribution in [0.5, 0.6) is 0 Å². The van der Waals surface area contributed by atoms with Crippen molar-refractivity contribution in [3.63, 3.8) is 0 Å². The lowest BCUT2D eigenvalue weighted by Gasteiger charge is -2.23. The van der Waals surface area contributed by atoms with Gasteiger partial charge in [0.2, 0.25) is 0 Å². The molecule has 1 N–H and O–H groups in total. The number of ether oxygens (including phenoxy) is 2. The Hall–Kier alpha value is -1.72. The van der Waals surface area contributed by atoms with Crippen LogP contribution >= 0.6 is 33.3 Å². The molecule has 0 saturated heterocycles. The van der Waals surface area contributed by atoms with Gasteiger partial charge >= 0.3 is 31.5 Å². The highest BCUT2D eigenvalue weighted by Crippen LogP contribution is 2.19. The van der Waals surface area contributed by atoms with Crippen molar-refractivity contribution in [3.8, 4) is 0 Å². The zero-order valence-corrected chi connectivity index (χ0v) is 23.6. The van der Waals surface area contributed by atoms with Crippen molar-refractivity contribution in [2.45, 2.75) is 25.7 Å². The number of rotatable bonds is 9. The van der Waals surface area contributed by atoms with Crippen LogP contribution in [0.3, 0.4) is 0 Å². The van der Waals surface area contributed by atoms with E-state index in [1.807, 2.05) is 4.72 Å². The number of esters is 1. The number of halogens is 2. The Morgan fingerprint density at radius 3 is 2.12 bits per heavy atom. The summed E-state index contributed by atoms with van der Waals surface area (Å²) in [5.74, 6) is -0.763. The first-order valence-corrected chi connectivity index (χ1v) is 17.3. The maximum Gasteiger partial charge on any atom is 0.422 e. The maximum absolute atomic E-state index is 12.6. The van der Waals surface area contributed by atoms with Gasteiger partial charge in [-0.2, -0.15) is 16.8 Å². The molecular weight excluding hydrogens is 633 g/mol. The van der Waals surface area contributed by atoms with E-state index in [4.69, 9.17) is 9.53 Å². The second kappa shape index (κ2) is 13.9. The third-order valence-electron chi connectivity index (χ3n) is 3.35. The van der Waals surface area contributed by atoms with Crippen LogP contribution in [0.15, 0.2) is 28.7 Å². The molecule has 0 radical (unpaired) electrons. The van der Waals surface area contributed by atoms with Gasteiger partial charge in [0.1, 0.15) is 6.54 Å². The van der Waals surface area contributed by atoms with E-state index in [2.05, 4.69) is 62.0 Å². The summed E-state index contributed by atoms with van der Waals surface area (Å²) in [6.07, 6.45) is -0.317. The topological polar surface area (TPSA) is 166 Å². The summed E-state index contributed by atoms with van der Waals surface area (Å²) in [7, 11) is -4.23. The molecule has 1 rings (SSSR count). The van der Waals surface area contributed by atoms with Crippen molar-refractivity contribution < 1.29 is 40.7 Å². The van der Waals surface area contributed by atoms with Crippen molar-refractivity contribution >= 4 is 84.6 Å². The molecule has 33 heavy (non-hydrogen) atoms. The van der Waals surface area contributed by atoms with Crippen LogP contribution < -0.4 is 9.03 Å². The van der Waals surface area contributed by atoms with E-state index in [0.717, 1.165) is 21.1 Å². The Morgan fingerprint density at radius 1 is 1.18 bits per heavy atom. The van der Waals surface area contributed by atoms with Gasteiger partial charge in [0, 0.05) is 22.3 Å². The zero-order chi connectivity index (χ0) is 25.9. The van der Waals surface area contributed by atoms with Crippen molar-refractivity contribution in [1.82, 2.24) is 4.72 Å². The van der Waals surface area contributed by atoms with Gasteiger partial charge in [-0.25, -0.2) is 18.6 Å². The smallest absolute Gasteiger partial charge is 0.422 e. The summed E-state index contributed by atoms with van der Waals surface area (Å²) in [5.41, 5.74) is 0.221. The average Bonchev–Trinajstić information content (AvgIpc) is 2.64. The number of anilines is 1. The van der Waals surface area contributed by atoms with Gasteiger partial charge in [0.25, 0.3) is 6.08 Å². The van der Waals surface area contributed by atoms with Gasteiger partial charge in [0.05, 0.1) is 19.4 Å². The van der Waals surface area contributed by atoms with Crippen LogP contribution in [-0.2, 0) is 38.5 Å². The molecule has 1 aromatic rings. The Bertz CT molecular complexity index is 1070. The Kier molecular flexibility index (Phi) is 13.1. The van der Waals surface area contributed by atoms with Crippen LogP contribution in [0, 0.1) is 3.57 Å². The number of hydrogen-bond donors (Lipinski definition) is 1. The second-order valence-electron chi connectivity index (χ2n) is 7.21. The summed E-state index contributed by atoms with van der Waals surface area (Å²) in [4.78, 5) is 32.5. The van der Waals surface area contributed by atoms with Gasteiger partial charge < -0.3 is 9.47 Å². The fraction of sp³-hybridized carbons (Fsp3) is 0.438. The number of nitrogens with one attached hydrogen (secondary N) is 1. The third-order valence-corrected chi connectivity index (χ3v) is 7.62. The lowest BCUT2D eigenvalue weighted by molar-refractivity contribution is -0.138. The van der Waals surface area contributed by atoms with Crippen molar-refractivity contribution in [2.75, 3.05) is 24.6 Å². The third kappa shape index (κ3) is 14.9. The summed E-state index contributed by atoms with van der Waals surface area (Å²) in [6.45, 7) is 5.89. The van der Waals surface area contributed by atoms with Crippen molar-refractivity contribution in [2.24, 2.45) is 4.40 Å². The molecule has 12 nitrogen and oxygen atoms in total. The standard InChI is InChI=1S/C15H23IN2O6SSi.CClNO3S/c1-23-14(19)11-18(13-7-5-12(16)6-8-13)25(21,22)17-15(20)24-9-10-26(2,3)4;2-7(5,6)3-1-4/h5-8H,9-11H2,1-4H3,(H,17,20);. The summed E-state index contributed by atoms with van der Waals surface area (Å²) in [5, 5.41) is 0. The molecule has 0 saturated carbocycles. The molecule has 1 aromatic carbocycles. The highest BCUT2D eigenvalue weighted by Gasteiger charge is 2.28. The van der Waals surface area contributed by atoms with E-state index in [1.165, 1.54) is 12.1 Å². The van der Waals surface area contributed by atoms with Gasteiger partial charge in [-0.1, -0.05) is 24.0 Å². The molecule has 17 heteroatoms. The monoisotopic (exact) mass is 655 g/mol. The zero-order valence-electron chi connectivity index (χ0n) is 18.1. The normalized spacial score (nSPS) is 11.2. The Balaban J connectivity index is 0.00000126. The number of methoxy groups -OCH3 is 1. The lowest BCUT2D eigenvalue weighted by atomic mass is 10.3. The number of benzene rings is 1. The molecule has 0 bridgehead atoms. The SMILES string of the molecule is COC(=O)CN(c1ccc(I)cc1)S(=O)(=O)NC(=O)OCC[Si](C)(C)C.O=C=NS(=O)(=O)Cl. The lowest BCUT2D eigenvalue weighted by Crippen LogP contribution is -2.46. The highest BCUT2D eigenvalue weighted by molar-refractivity contribution is 14.1. The number of amides is 1. The highest BCUT2D eigenvalue weighted by atomic mass is 127. The summed E-state index contributed by atoms with van der Waals surface area (Å²) < 4.78 is 59.4. The first-order valence-electron chi connectivity index (χ1n) is 8.84. The van der Waals surface area contributed by atoms with E-state index >= 15 is 0 Å². The molecule has 0 aliphatic heterocycles. The minimum Gasteiger partial charge on any atom is -0.468 e. The molecule has 0 aliphatic carbocycles. The van der Waals surface area contributed by atoms with Crippen LogP contribution in [0.25, 0.3) is 0 Å².